The maximum atomic E-state index is 8.73. The average molecular weight is 265 g/mol. The standard InChI is InChI=1S/C3H4NS.C3H8OS3.Na/c1-2-5-3-4-1;1-2-3-7(4,5)6;/h1-2H2;2-3H2,1H3,(H,4,5,6);. The van der Waals surface area contributed by atoms with Gasteiger partial charge in [-0.15, -0.1) is 0 Å². The van der Waals surface area contributed by atoms with E-state index in [1.54, 1.807) is 0 Å². The summed E-state index contributed by atoms with van der Waals surface area (Å²) in [5, 5.41) is 0. The van der Waals surface area contributed by atoms with Crippen molar-refractivity contribution in [3.05, 3.63) is 0 Å². The summed E-state index contributed by atoms with van der Waals surface area (Å²) in [6, 6.07) is 0. The van der Waals surface area contributed by atoms with Gasteiger partial charge < -0.3 is 4.55 Å². The fourth-order valence-electron chi connectivity index (χ4n) is 0.700. The zero-order chi connectivity index (χ0) is 10.3. The number of nitrogens with zero attached hydrogens (tertiary/aromatic N) is 1. The third kappa shape index (κ3) is 11.7. The number of aliphatic imine (C=N–C) groups is 1. The summed E-state index contributed by atoms with van der Waals surface area (Å²) in [6.07, 6.45) is 0.888. The Morgan fingerprint density at radius 1 is 1.69 bits per heavy atom. The van der Waals surface area contributed by atoms with Gasteiger partial charge in [0.1, 0.15) is 0 Å². The zero-order valence-corrected chi connectivity index (χ0v) is 13.1. The number of rotatable bonds is 2. The summed E-state index contributed by atoms with van der Waals surface area (Å²) in [6.45, 7) is 3.03. The molecule has 0 saturated carbocycles. The summed E-state index contributed by atoms with van der Waals surface area (Å²) >= 11 is 12.2. The van der Waals surface area contributed by atoms with Gasteiger partial charge in [0.2, 0.25) is 0 Å². The van der Waals surface area contributed by atoms with E-state index in [0.717, 1.165) is 13.0 Å². The Bertz CT molecular complexity index is 262. The van der Waals surface area contributed by atoms with Crippen LogP contribution in [0.2, 0.25) is 0 Å². The zero-order valence-electron chi connectivity index (χ0n) is 7.86. The molecule has 0 aromatic heterocycles. The molecule has 0 radical (unpaired) electrons. The average Bonchev–Trinajstić information content (AvgIpc) is 2.38. The number of hydrogen-bond donors (Lipinski definition) is 1. The van der Waals surface area contributed by atoms with Crippen LogP contribution in [0.15, 0.2) is 4.99 Å². The second kappa shape index (κ2) is 7.98. The number of thioether (sulfide) groups is 1. The Hall–Kier alpha value is 1.77. The van der Waals surface area contributed by atoms with E-state index in [4.69, 9.17) is 4.55 Å². The fourth-order valence-corrected chi connectivity index (χ4v) is 3.71. The van der Waals surface area contributed by atoms with Crippen LogP contribution in [-0.2, 0) is 29.8 Å². The van der Waals surface area contributed by atoms with Crippen molar-refractivity contribution in [3.63, 3.8) is 0 Å². The van der Waals surface area contributed by atoms with Gasteiger partial charge in [0.15, 0.2) is 0 Å². The van der Waals surface area contributed by atoms with Crippen molar-refractivity contribution in [2.75, 3.05) is 18.1 Å². The van der Waals surface area contributed by atoms with Crippen molar-refractivity contribution in [1.82, 2.24) is 0 Å². The molecule has 72 valence electrons. The third-order valence-corrected chi connectivity index (χ3v) is 5.24. The van der Waals surface area contributed by atoms with E-state index in [1.807, 2.05) is 18.7 Å². The molecule has 1 aliphatic rings. The van der Waals surface area contributed by atoms with E-state index < -0.39 is 7.43 Å². The minimum atomic E-state index is -2.01. The van der Waals surface area contributed by atoms with Gasteiger partial charge in [0.25, 0.3) is 0 Å². The van der Waals surface area contributed by atoms with Crippen LogP contribution in [0.4, 0.5) is 0 Å². The van der Waals surface area contributed by atoms with E-state index in [9.17, 15) is 0 Å². The maximum absolute atomic E-state index is 8.73. The molecule has 0 atom stereocenters. The Morgan fingerprint density at radius 2 is 2.31 bits per heavy atom. The van der Waals surface area contributed by atoms with Crippen molar-refractivity contribution in [2.24, 2.45) is 4.99 Å². The molecule has 0 aliphatic carbocycles. The molecule has 1 heterocycles. The van der Waals surface area contributed by atoms with Gasteiger partial charge in [-0.05, 0) is 28.8 Å². The normalized spacial score (nSPS) is 16.2. The second-order valence-corrected chi connectivity index (χ2v) is 11.0. The van der Waals surface area contributed by atoms with Gasteiger partial charge in [-0.25, -0.2) is 0 Å². The molecule has 7 heteroatoms. The summed E-state index contributed by atoms with van der Waals surface area (Å²) in [5.74, 6) is 1.84. The summed E-state index contributed by atoms with van der Waals surface area (Å²) in [4.78, 5) is 4.18. The third-order valence-electron chi connectivity index (χ3n) is 1.20. The predicted octanol–water partition coefficient (Wildman–Crippen LogP) is 1.20. The molecular formula is C6H12NNaOS4. The van der Waals surface area contributed by atoms with Crippen LogP contribution in [0, 0.1) is 0 Å². The molecule has 0 unspecified atom stereocenters. The molecule has 0 aromatic carbocycles. The molecule has 2 nitrogen and oxygen atoms in total. The van der Waals surface area contributed by atoms with Gasteiger partial charge in [0, 0.05) is 13.2 Å². The van der Waals surface area contributed by atoms with Crippen molar-refractivity contribution in [1.29, 1.82) is 0 Å². The van der Waals surface area contributed by atoms with Gasteiger partial charge in [-0.3, -0.25) is 0 Å². The van der Waals surface area contributed by atoms with Crippen LogP contribution >= 0.6 is 11.8 Å². The van der Waals surface area contributed by atoms with Gasteiger partial charge in [-0.2, -0.15) is 0 Å². The second-order valence-electron chi connectivity index (χ2n) is 2.54. The van der Waals surface area contributed by atoms with Crippen LogP contribution in [0.5, 0.6) is 0 Å². The molecule has 1 rings (SSSR count). The SMILES string of the molecule is CCCS(O)(=S)=S.[Na][C]1=NCCS1. The van der Waals surface area contributed by atoms with Gasteiger partial charge in [0.05, 0.1) is 0 Å². The van der Waals surface area contributed by atoms with E-state index in [-0.39, 0.29) is 0 Å². The summed E-state index contributed by atoms with van der Waals surface area (Å²) in [5.41, 5.74) is 0. The summed E-state index contributed by atoms with van der Waals surface area (Å²) in [7, 11) is -2.01. The topological polar surface area (TPSA) is 32.6 Å². The molecule has 1 aliphatic heterocycles. The Morgan fingerprint density at radius 3 is 2.38 bits per heavy atom. The quantitative estimate of drug-likeness (QED) is 0.761. The monoisotopic (exact) mass is 265 g/mol. The first-order valence-corrected chi connectivity index (χ1v) is 9.64. The van der Waals surface area contributed by atoms with Crippen LogP contribution < -0.4 is 0 Å². The fraction of sp³-hybridized carbons (Fsp3) is 0.833. The van der Waals surface area contributed by atoms with Gasteiger partial charge >= 0.3 is 59.3 Å². The molecule has 13 heavy (non-hydrogen) atoms. The molecule has 0 fully saturated rings. The Balaban J connectivity index is 0.000000223. The molecule has 0 spiro atoms. The first-order chi connectivity index (χ1) is 5.95. The van der Waals surface area contributed by atoms with Crippen LogP contribution in [0.25, 0.3) is 0 Å². The van der Waals surface area contributed by atoms with E-state index in [2.05, 4.69) is 27.4 Å². The Labute approximate surface area is 111 Å². The van der Waals surface area contributed by atoms with Crippen molar-refractivity contribution in [2.45, 2.75) is 13.3 Å². The van der Waals surface area contributed by atoms with Crippen LogP contribution in [-0.4, -0.2) is 52.8 Å². The summed E-state index contributed by atoms with van der Waals surface area (Å²) < 4.78 is 10.1. The first-order valence-electron chi connectivity index (χ1n) is 4.04. The van der Waals surface area contributed by atoms with Crippen LogP contribution in [0.1, 0.15) is 13.3 Å². The molecule has 0 bridgehead atoms. The first kappa shape index (κ1) is 14.8. The predicted molar refractivity (Wildman–Crippen MR) is 70.4 cm³/mol. The van der Waals surface area contributed by atoms with Gasteiger partial charge in [-0.1, -0.05) is 6.92 Å². The van der Waals surface area contributed by atoms with Crippen molar-refractivity contribution < 1.29 is 4.55 Å². The molecule has 0 aromatic rings. The van der Waals surface area contributed by atoms with Crippen LogP contribution in [0.3, 0.4) is 0 Å². The number of hydrogen-bond acceptors (Lipinski definition) is 4. The minimum absolute atomic E-state index is 0.609. The molecule has 1 N–H and O–H groups in total. The molecular weight excluding hydrogens is 253 g/mol. The molecule has 0 amide bonds. The Kier molecular flexibility index (Phi) is 9.07. The van der Waals surface area contributed by atoms with Crippen molar-refractivity contribution in [3.8, 4) is 0 Å². The molecule has 0 saturated heterocycles. The van der Waals surface area contributed by atoms with Crippen molar-refractivity contribution >= 4 is 71.8 Å². The van der Waals surface area contributed by atoms with E-state index >= 15 is 0 Å². The van der Waals surface area contributed by atoms with E-state index in [0.29, 0.717) is 5.75 Å². The van der Waals surface area contributed by atoms with E-state index in [1.165, 1.54) is 36.0 Å².